The summed E-state index contributed by atoms with van der Waals surface area (Å²) in [5.74, 6) is 0. The molecule has 0 spiro atoms. The minimum absolute atomic E-state index is 0.0668. The van der Waals surface area contributed by atoms with Gasteiger partial charge in [-0.25, -0.2) is 0 Å². The van der Waals surface area contributed by atoms with Gasteiger partial charge in [0.15, 0.2) is 0 Å². The highest BCUT2D eigenvalue weighted by Crippen LogP contribution is 2.44. The highest BCUT2D eigenvalue weighted by Gasteiger charge is 2.43. The van der Waals surface area contributed by atoms with E-state index in [0.717, 1.165) is 33.3 Å². The Morgan fingerprint density at radius 1 is 0.380 bits per heavy atom. The van der Waals surface area contributed by atoms with Crippen LogP contribution in [0.1, 0.15) is 0 Å². The molecule has 8 aromatic carbocycles. The van der Waals surface area contributed by atoms with Crippen LogP contribution in [0.25, 0.3) is 43.8 Å². The van der Waals surface area contributed by atoms with Crippen LogP contribution in [0.15, 0.2) is 180 Å². The van der Waals surface area contributed by atoms with Gasteiger partial charge in [-0.3, -0.25) is 0 Å². The molecule has 9 aromatic rings. The first-order valence-corrected chi connectivity index (χ1v) is 17.2. The van der Waals surface area contributed by atoms with Crippen LogP contribution in [0.3, 0.4) is 0 Å². The lowest BCUT2D eigenvalue weighted by Crippen LogP contribution is -2.61. The lowest BCUT2D eigenvalue weighted by Gasteiger charge is -2.44. The Kier molecular flexibility index (Phi) is 5.76. The second kappa shape index (κ2) is 10.5. The molecule has 0 saturated carbocycles. The Morgan fingerprint density at radius 3 is 1.68 bits per heavy atom. The smallest absolute Gasteiger partial charge is 0.252 e. The molecular formula is C46H29BN2O. The van der Waals surface area contributed by atoms with Crippen molar-refractivity contribution in [2.24, 2.45) is 0 Å². The third-order valence-corrected chi connectivity index (χ3v) is 10.6. The summed E-state index contributed by atoms with van der Waals surface area (Å²) in [6.07, 6.45) is 0. The summed E-state index contributed by atoms with van der Waals surface area (Å²) >= 11 is 0. The van der Waals surface area contributed by atoms with Gasteiger partial charge >= 0.3 is 0 Å². The lowest BCUT2D eigenvalue weighted by molar-refractivity contribution is 0.669. The van der Waals surface area contributed by atoms with Crippen molar-refractivity contribution in [1.29, 1.82) is 0 Å². The molecule has 0 bridgehead atoms. The van der Waals surface area contributed by atoms with E-state index in [9.17, 15) is 0 Å². The molecule has 0 N–H and O–H groups in total. The molecule has 232 valence electrons. The fraction of sp³-hybridized carbons (Fsp3) is 0. The number of benzene rings is 8. The van der Waals surface area contributed by atoms with Crippen molar-refractivity contribution >= 4 is 89.9 Å². The third kappa shape index (κ3) is 3.93. The van der Waals surface area contributed by atoms with Crippen molar-refractivity contribution in [2.45, 2.75) is 0 Å². The number of furan rings is 1. The SMILES string of the molecule is c1ccc(N2c3ccccc3B3c4cc(-c5ccc6oc7cc8ccccc8cc7c6c5)ccc4N(c4ccccc4)c4cccc2c43)cc1. The van der Waals surface area contributed by atoms with E-state index < -0.39 is 0 Å². The van der Waals surface area contributed by atoms with Gasteiger partial charge < -0.3 is 14.2 Å². The Balaban J connectivity index is 1.15. The van der Waals surface area contributed by atoms with Gasteiger partial charge in [0.25, 0.3) is 6.71 Å². The minimum Gasteiger partial charge on any atom is -0.456 e. The number of rotatable bonds is 3. The predicted molar refractivity (Wildman–Crippen MR) is 211 cm³/mol. The van der Waals surface area contributed by atoms with Crippen LogP contribution in [0.5, 0.6) is 0 Å². The highest BCUT2D eigenvalue weighted by molar-refractivity contribution is 7.00. The summed E-state index contributed by atoms with van der Waals surface area (Å²) in [6.45, 7) is 0.0668. The molecule has 1 aromatic heterocycles. The molecule has 0 fully saturated rings. The van der Waals surface area contributed by atoms with E-state index in [-0.39, 0.29) is 6.71 Å². The van der Waals surface area contributed by atoms with Gasteiger partial charge in [0, 0.05) is 44.9 Å². The molecule has 0 amide bonds. The first-order chi connectivity index (χ1) is 24.8. The number of nitrogens with zero attached hydrogens (tertiary/aromatic N) is 2. The molecule has 0 aliphatic carbocycles. The highest BCUT2D eigenvalue weighted by atomic mass is 16.3. The van der Waals surface area contributed by atoms with Gasteiger partial charge in [0.1, 0.15) is 11.2 Å². The van der Waals surface area contributed by atoms with Crippen molar-refractivity contribution in [3.63, 3.8) is 0 Å². The quantitative estimate of drug-likeness (QED) is 0.180. The largest absolute Gasteiger partial charge is 0.456 e. The predicted octanol–water partition coefficient (Wildman–Crippen LogP) is 10.5. The molecular weight excluding hydrogens is 607 g/mol. The summed E-state index contributed by atoms with van der Waals surface area (Å²) in [5, 5.41) is 4.70. The number of fused-ring (bicyclic) bond motifs is 8. The molecule has 0 atom stereocenters. The van der Waals surface area contributed by atoms with Crippen LogP contribution >= 0.6 is 0 Å². The summed E-state index contributed by atoms with van der Waals surface area (Å²) in [6, 6.07) is 63.8. The Hall–Kier alpha value is -6.52. The number of hydrogen-bond acceptors (Lipinski definition) is 3. The third-order valence-electron chi connectivity index (χ3n) is 10.6. The van der Waals surface area contributed by atoms with E-state index in [2.05, 4.69) is 186 Å². The van der Waals surface area contributed by atoms with E-state index in [1.165, 1.54) is 61.0 Å². The molecule has 0 saturated heterocycles. The van der Waals surface area contributed by atoms with Crippen LogP contribution in [0, 0.1) is 0 Å². The van der Waals surface area contributed by atoms with Crippen LogP contribution in [0.4, 0.5) is 34.1 Å². The molecule has 2 aliphatic heterocycles. The van der Waals surface area contributed by atoms with Gasteiger partial charge in [-0.15, -0.1) is 0 Å². The molecule has 4 heteroatoms. The van der Waals surface area contributed by atoms with Crippen molar-refractivity contribution in [3.8, 4) is 11.1 Å². The minimum atomic E-state index is 0.0668. The first-order valence-electron chi connectivity index (χ1n) is 17.2. The zero-order chi connectivity index (χ0) is 32.8. The van der Waals surface area contributed by atoms with Gasteiger partial charge in [-0.2, -0.15) is 0 Å². The van der Waals surface area contributed by atoms with E-state index >= 15 is 0 Å². The van der Waals surface area contributed by atoms with Crippen LogP contribution in [-0.4, -0.2) is 6.71 Å². The van der Waals surface area contributed by atoms with Crippen LogP contribution in [-0.2, 0) is 0 Å². The van der Waals surface area contributed by atoms with Gasteiger partial charge in [0.2, 0.25) is 0 Å². The molecule has 2 aliphatic rings. The number of anilines is 6. The number of para-hydroxylation sites is 3. The van der Waals surface area contributed by atoms with Crippen LogP contribution in [0.2, 0.25) is 0 Å². The molecule has 50 heavy (non-hydrogen) atoms. The maximum absolute atomic E-state index is 6.37. The maximum atomic E-state index is 6.37. The zero-order valence-corrected chi connectivity index (χ0v) is 27.1. The molecule has 3 heterocycles. The average molecular weight is 637 g/mol. The Bertz CT molecular complexity index is 2780. The van der Waals surface area contributed by atoms with Crippen LogP contribution < -0.4 is 26.2 Å². The Morgan fingerprint density at radius 2 is 0.940 bits per heavy atom. The first kappa shape index (κ1) is 27.4. The fourth-order valence-corrected chi connectivity index (χ4v) is 8.42. The van der Waals surface area contributed by atoms with Gasteiger partial charge in [-0.1, -0.05) is 103 Å². The summed E-state index contributed by atoms with van der Waals surface area (Å²) in [7, 11) is 0. The van der Waals surface area contributed by atoms with E-state index in [4.69, 9.17) is 4.42 Å². The van der Waals surface area contributed by atoms with E-state index in [1.54, 1.807) is 0 Å². The van der Waals surface area contributed by atoms with E-state index in [1.807, 2.05) is 0 Å². The average Bonchev–Trinajstić information content (AvgIpc) is 3.54. The standard InChI is InChI=1S/C46H29BN2O/c1-3-14-34(15-4-1)48-40-19-10-9-18-38(40)47-39-28-33(22-24-41(39)49(35-16-5-2-6-17-35)43-21-11-20-42(48)46(43)47)32-23-25-44-36(27-32)37-26-30-12-7-8-13-31(30)29-45(37)50-44/h1-29H. The van der Waals surface area contributed by atoms with Gasteiger partial charge in [0.05, 0.1) is 0 Å². The van der Waals surface area contributed by atoms with Crippen molar-refractivity contribution in [2.75, 3.05) is 9.80 Å². The topological polar surface area (TPSA) is 19.6 Å². The molecule has 3 nitrogen and oxygen atoms in total. The lowest BCUT2D eigenvalue weighted by atomic mass is 9.33. The fourth-order valence-electron chi connectivity index (χ4n) is 8.42. The molecule has 0 unspecified atom stereocenters. The zero-order valence-electron chi connectivity index (χ0n) is 27.1. The van der Waals surface area contributed by atoms with Crippen molar-refractivity contribution in [1.82, 2.24) is 0 Å². The monoisotopic (exact) mass is 636 g/mol. The molecule has 0 radical (unpaired) electrons. The second-order valence-corrected chi connectivity index (χ2v) is 13.3. The summed E-state index contributed by atoms with van der Waals surface area (Å²) in [4.78, 5) is 4.88. The number of hydrogen-bond donors (Lipinski definition) is 0. The summed E-state index contributed by atoms with van der Waals surface area (Å²) < 4.78 is 6.37. The molecule has 11 rings (SSSR count). The maximum Gasteiger partial charge on any atom is 0.252 e. The van der Waals surface area contributed by atoms with E-state index in [0.29, 0.717) is 0 Å². The Labute approximate surface area is 290 Å². The van der Waals surface area contributed by atoms with Crippen molar-refractivity contribution < 1.29 is 4.42 Å². The van der Waals surface area contributed by atoms with Crippen molar-refractivity contribution in [3.05, 3.63) is 176 Å². The normalized spacial score (nSPS) is 13.1. The van der Waals surface area contributed by atoms with Gasteiger partial charge in [-0.05, 0) is 111 Å². The second-order valence-electron chi connectivity index (χ2n) is 13.3. The summed E-state index contributed by atoms with van der Waals surface area (Å²) in [5.41, 5.74) is 15.3.